The van der Waals surface area contributed by atoms with Crippen LogP contribution < -0.4 is 0 Å². The molecular weight excluding hydrogens is 316 g/mol. The molecule has 0 heterocycles. The van der Waals surface area contributed by atoms with Crippen LogP contribution in [0.15, 0.2) is 71.1 Å². The van der Waals surface area contributed by atoms with E-state index in [9.17, 15) is 9.59 Å². The van der Waals surface area contributed by atoms with Crippen molar-refractivity contribution in [1.29, 1.82) is 0 Å². The van der Waals surface area contributed by atoms with E-state index in [2.05, 4.69) is 0 Å². The molecule has 1 atom stereocenters. The first-order chi connectivity index (χ1) is 11.7. The molecule has 0 spiro atoms. The fraction of sp³-hybridized carbons (Fsp3) is 0.238. The van der Waals surface area contributed by atoms with E-state index in [4.69, 9.17) is 0 Å². The molecule has 3 heteroatoms. The minimum absolute atomic E-state index is 0.0125. The Labute approximate surface area is 147 Å². The highest BCUT2D eigenvalue weighted by atomic mass is 32.2. The lowest BCUT2D eigenvalue weighted by Gasteiger charge is -2.20. The lowest BCUT2D eigenvalue weighted by atomic mass is 9.82. The third kappa shape index (κ3) is 3.68. The lowest BCUT2D eigenvalue weighted by Crippen LogP contribution is -2.19. The number of rotatable bonds is 5. The highest BCUT2D eigenvalue weighted by Crippen LogP contribution is 2.29. The smallest absolute Gasteiger partial charge is 0.188 e. The fourth-order valence-electron chi connectivity index (χ4n) is 3.07. The van der Waals surface area contributed by atoms with E-state index < -0.39 is 0 Å². The Balaban J connectivity index is 1.71. The maximum absolute atomic E-state index is 12.7. The Morgan fingerprint density at radius 2 is 1.75 bits per heavy atom. The number of thioether (sulfide) groups is 1. The van der Waals surface area contributed by atoms with Crippen molar-refractivity contribution in [1.82, 2.24) is 0 Å². The molecule has 0 radical (unpaired) electrons. The molecule has 0 aromatic heterocycles. The summed E-state index contributed by atoms with van der Waals surface area (Å²) in [6, 6.07) is 17.1. The predicted molar refractivity (Wildman–Crippen MR) is 98.8 cm³/mol. The second kappa shape index (κ2) is 7.63. The van der Waals surface area contributed by atoms with Gasteiger partial charge in [0.05, 0.1) is 0 Å². The maximum atomic E-state index is 12.7. The van der Waals surface area contributed by atoms with Gasteiger partial charge in [0.15, 0.2) is 11.6 Å². The predicted octanol–water partition coefficient (Wildman–Crippen LogP) is 5.20. The standard InChI is InChI=1S/C21H20O2S/c1-24-19-9-5-8-18(14-19)21(23)17-12-10-16(11-13-17)20(22)15-6-3-2-4-7-15/h2-9,12,14,16H,10-11,13H2,1H3. The first kappa shape index (κ1) is 16.7. The summed E-state index contributed by atoms with van der Waals surface area (Å²) in [5.41, 5.74) is 2.34. The molecule has 2 aromatic rings. The quantitative estimate of drug-likeness (QED) is 0.556. The van der Waals surface area contributed by atoms with Gasteiger partial charge in [0.1, 0.15) is 0 Å². The van der Waals surface area contributed by atoms with Crippen molar-refractivity contribution >= 4 is 23.3 Å². The van der Waals surface area contributed by atoms with Crippen molar-refractivity contribution in [3.05, 3.63) is 77.4 Å². The maximum Gasteiger partial charge on any atom is 0.188 e. The number of carbonyl (C=O) groups is 2. The number of hydrogen-bond acceptors (Lipinski definition) is 3. The van der Waals surface area contributed by atoms with Crippen molar-refractivity contribution in [3.8, 4) is 0 Å². The number of carbonyl (C=O) groups excluding carboxylic acids is 2. The largest absolute Gasteiger partial charge is 0.294 e. The summed E-state index contributed by atoms with van der Waals surface area (Å²) in [6.45, 7) is 0. The highest BCUT2D eigenvalue weighted by Gasteiger charge is 2.25. The normalized spacial score (nSPS) is 17.2. The molecule has 0 saturated heterocycles. The summed E-state index contributed by atoms with van der Waals surface area (Å²) in [7, 11) is 0. The van der Waals surface area contributed by atoms with Gasteiger partial charge < -0.3 is 0 Å². The number of Topliss-reactive ketones (excluding diaryl/α,β-unsaturated/α-hetero) is 2. The molecule has 0 bridgehead atoms. The van der Waals surface area contributed by atoms with Gasteiger partial charge in [-0.05, 0) is 43.2 Å². The van der Waals surface area contributed by atoms with Crippen LogP contribution in [0.3, 0.4) is 0 Å². The van der Waals surface area contributed by atoms with Crippen LogP contribution in [0.2, 0.25) is 0 Å². The molecule has 1 aliphatic rings. The van der Waals surface area contributed by atoms with Gasteiger partial charge >= 0.3 is 0 Å². The van der Waals surface area contributed by atoms with Crippen LogP contribution in [-0.4, -0.2) is 17.8 Å². The fourth-order valence-corrected chi connectivity index (χ4v) is 3.53. The summed E-state index contributed by atoms with van der Waals surface area (Å²) < 4.78 is 0. The van der Waals surface area contributed by atoms with Crippen LogP contribution in [0.4, 0.5) is 0 Å². The van der Waals surface area contributed by atoms with E-state index in [1.807, 2.05) is 66.9 Å². The van der Waals surface area contributed by atoms with Crippen molar-refractivity contribution in [2.24, 2.45) is 5.92 Å². The van der Waals surface area contributed by atoms with Crippen LogP contribution in [0, 0.1) is 5.92 Å². The van der Waals surface area contributed by atoms with Gasteiger partial charge in [-0.1, -0.05) is 48.5 Å². The van der Waals surface area contributed by atoms with Gasteiger partial charge in [0.25, 0.3) is 0 Å². The summed E-state index contributed by atoms with van der Waals surface area (Å²) in [5, 5.41) is 0. The van der Waals surface area contributed by atoms with Crippen LogP contribution in [0.25, 0.3) is 0 Å². The number of hydrogen-bond donors (Lipinski definition) is 0. The molecule has 0 amide bonds. The molecule has 2 nitrogen and oxygen atoms in total. The summed E-state index contributed by atoms with van der Waals surface area (Å²) in [5.74, 6) is 0.265. The molecule has 3 rings (SSSR count). The van der Waals surface area contributed by atoms with Crippen molar-refractivity contribution < 1.29 is 9.59 Å². The second-order valence-corrected chi connectivity index (χ2v) is 6.87. The average molecular weight is 336 g/mol. The Morgan fingerprint density at radius 1 is 1.00 bits per heavy atom. The number of ketones is 2. The van der Waals surface area contributed by atoms with E-state index in [-0.39, 0.29) is 17.5 Å². The van der Waals surface area contributed by atoms with E-state index in [0.717, 1.165) is 28.0 Å². The zero-order chi connectivity index (χ0) is 16.9. The molecule has 0 N–H and O–H groups in total. The Bertz CT molecular complexity index is 777. The molecule has 0 aliphatic heterocycles. The van der Waals surface area contributed by atoms with Gasteiger partial charge in [-0.25, -0.2) is 0 Å². The molecule has 24 heavy (non-hydrogen) atoms. The van der Waals surface area contributed by atoms with E-state index in [1.54, 1.807) is 11.8 Å². The zero-order valence-electron chi connectivity index (χ0n) is 13.7. The molecular formula is C21H20O2S. The van der Waals surface area contributed by atoms with Crippen LogP contribution in [-0.2, 0) is 0 Å². The van der Waals surface area contributed by atoms with Crippen molar-refractivity contribution in [2.45, 2.75) is 24.2 Å². The first-order valence-corrected chi connectivity index (χ1v) is 9.38. The Morgan fingerprint density at radius 3 is 2.42 bits per heavy atom. The number of allylic oxidation sites excluding steroid dienone is 2. The average Bonchev–Trinajstić information content (AvgIpc) is 2.67. The molecule has 0 fully saturated rings. The van der Waals surface area contributed by atoms with Crippen molar-refractivity contribution in [2.75, 3.05) is 6.26 Å². The zero-order valence-corrected chi connectivity index (χ0v) is 14.5. The first-order valence-electron chi connectivity index (χ1n) is 8.16. The minimum atomic E-state index is -0.0125. The summed E-state index contributed by atoms with van der Waals surface area (Å²) in [4.78, 5) is 26.3. The van der Waals surface area contributed by atoms with Crippen LogP contribution in [0.5, 0.6) is 0 Å². The van der Waals surface area contributed by atoms with E-state index in [0.29, 0.717) is 12.8 Å². The van der Waals surface area contributed by atoms with E-state index in [1.165, 1.54) is 0 Å². The molecule has 122 valence electrons. The molecule has 0 saturated carbocycles. The minimum Gasteiger partial charge on any atom is -0.294 e. The van der Waals surface area contributed by atoms with Crippen LogP contribution in [0.1, 0.15) is 40.0 Å². The third-order valence-corrected chi connectivity index (χ3v) is 5.19. The SMILES string of the molecule is CSc1cccc(C(=O)C2=CCC(C(=O)c3ccccc3)CC2)c1. The number of benzene rings is 2. The topological polar surface area (TPSA) is 34.1 Å². The van der Waals surface area contributed by atoms with Crippen LogP contribution >= 0.6 is 11.8 Å². The summed E-state index contributed by atoms with van der Waals surface area (Å²) >= 11 is 1.63. The molecule has 1 aliphatic carbocycles. The lowest BCUT2D eigenvalue weighted by molar-refractivity contribution is 0.0903. The third-order valence-electron chi connectivity index (χ3n) is 4.46. The van der Waals surface area contributed by atoms with Gasteiger partial charge in [-0.2, -0.15) is 0 Å². The Kier molecular flexibility index (Phi) is 5.31. The Hall–Kier alpha value is -2.13. The summed E-state index contributed by atoms with van der Waals surface area (Å²) in [6.07, 6.45) is 6.03. The molecule has 2 aromatic carbocycles. The molecule has 1 unspecified atom stereocenters. The second-order valence-electron chi connectivity index (χ2n) is 5.99. The highest BCUT2D eigenvalue weighted by molar-refractivity contribution is 7.98. The van der Waals surface area contributed by atoms with Gasteiger partial charge in [0.2, 0.25) is 0 Å². The van der Waals surface area contributed by atoms with Gasteiger partial charge in [-0.3, -0.25) is 9.59 Å². The monoisotopic (exact) mass is 336 g/mol. The van der Waals surface area contributed by atoms with Gasteiger partial charge in [0, 0.05) is 21.9 Å². The van der Waals surface area contributed by atoms with Gasteiger partial charge in [-0.15, -0.1) is 11.8 Å². The van der Waals surface area contributed by atoms with E-state index >= 15 is 0 Å². The van der Waals surface area contributed by atoms with Crippen molar-refractivity contribution in [3.63, 3.8) is 0 Å².